The smallest absolute Gasteiger partial charge is 0.123 e. The zero-order chi connectivity index (χ0) is 9.80. The fraction of sp³-hybridized carbons (Fsp3) is 0.727. The Hall–Kier alpha value is -0.830. The minimum Gasteiger partial charge on any atom is -0.347 e. The van der Waals surface area contributed by atoms with Crippen molar-refractivity contribution in [3.63, 3.8) is 0 Å². The molecule has 0 aromatic carbocycles. The van der Waals surface area contributed by atoms with Crippen LogP contribution >= 0.6 is 0 Å². The van der Waals surface area contributed by atoms with Crippen LogP contribution in [0.1, 0.15) is 50.9 Å². The first-order valence-electron chi connectivity index (χ1n) is 5.65. The molecule has 1 aliphatic rings. The third kappa shape index (κ3) is 2.15. The van der Waals surface area contributed by atoms with Gasteiger partial charge < -0.3 is 10.3 Å². The third-order valence-corrected chi connectivity index (χ3v) is 3.05. The van der Waals surface area contributed by atoms with E-state index in [0.29, 0.717) is 12.1 Å². The van der Waals surface area contributed by atoms with Gasteiger partial charge in [0, 0.05) is 18.4 Å². The lowest BCUT2D eigenvalue weighted by molar-refractivity contribution is 0.418. The number of hydrogen-bond acceptors (Lipinski definition) is 2. The van der Waals surface area contributed by atoms with Crippen molar-refractivity contribution in [2.45, 2.75) is 51.1 Å². The van der Waals surface area contributed by atoms with Crippen molar-refractivity contribution in [3.05, 3.63) is 18.2 Å². The summed E-state index contributed by atoms with van der Waals surface area (Å²) in [6, 6.07) is 1.12. The molecule has 1 heterocycles. The van der Waals surface area contributed by atoms with Gasteiger partial charge in [0.1, 0.15) is 5.82 Å². The Labute approximate surface area is 85.3 Å². The van der Waals surface area contributed by atoms with Gasteiger partial charge in [-0.15, -0.1) is 0 Å². The van der Waals surface area contributed by atoms with Gasteiger partial charge in [-0.2, -0.15) is 0 Å². The van der Waals surface area contributed by atoms with E-state index in [1.54, 1.807) is 0 Å². The summed E-state index contributed by atoms with van der Waals surface area (Å²) in [4.78, 5) is 7.50. The number of nitrogens with one attached hydrogen (secondary N) is 2. The molecular weight excluding hydrogens is 174 g/mol. The van der Waals surface area contributed by atoms with E-state index in [2.05, 4.69) is 22.2 Å². The van der Waals surface area contributed by atoms with Crippen LogP contribution in [0, 0.1) is 0 Å². The van der Waals surface area contributed by atoms with E-state index in [1.807, 2.05) is 12.4 Å². The highest BCUT2D eigenvalue weighted by atomic mass is 15.0. The van der Waals surface area contributed by atoms with Crippen LogP contribution < -0.4 is 5.32 Å². The number of rotatable bonds is 4. The van der Waals surface area contributed by atoms with Gasteiger partial charge in [0.25, 0.3) is 0 Å². The molecule has 1 saturated carbocycles. The summed E-state index contributed by atoms with van der Waals surface area (Å²) in [7, 11) is 0. The van der Waals surface area contributed by atoms with Crippen LogP contribution in [0.4, 0.5) is 0 Å². The maximum absolute atomic E-state index is 4.31. The van der Waals surface area contributed by atoms with Crippen LogP contribution in [0.5, 0.6) is 0 Å². The molecule has 3 heteroatoms. The highest BCUT2D eigenvalue weighted by Gasteiger charge is 2.20. The highest BCUT2D eigenvalue weighted by molar-refractivity contribution is 4.96. The molecule has 0 aliphatic heterocycles. The topological polar surface area (TPSA) is 40.7 Å². The van der Waals surface area contributed by atoms with Crippen LogP contribution in [-0.4, -0.2) is 16.0 Å². The molecule has 0 amide bonds. The molecule has 2 rings (SSSR count). The van der Waals surface area contributed by atoms with Gasteiger partial charge in [-0.1, -0.05) is 19.8 Å². The van der Waals surface area contributed by atoms with Crippen LogP contribution in [0.25, 0.3) is 0 Å². The molecule has 0 radical (unpaired) electrons. The van der Waals surface area contributed by atoms with Crippen molar-refractivity contribution in [1.82, 2.24) is 15.3 Å². The Morgan fingerprint density at radius 2 is 2.36 bits per heavy atom. The van der Waals surface area contributed by atoms with E-state index in [0.717, 1.165) is 12.2 Å². The predicted octanol–water partition coefficient (Wildman–Crippen LogP) is 2.39. The quantitative estimate of drug-likeness (QED) is 0.771. The lowest BCUT2D eigenvalue weighted by atomic mass is 10.1. The normalized spacial score (nSPS) is 20.1. The first kappa shape index (κ1) is 9.71. The van der Waals surface area contributed by atoms with Crippen molar-refractivity contribution in [3.8, 4) is 0 Å². The Morgan fingerprint density at radius 3 is 2.93 bits per heavy atom. The number of H-pyrrole nitrogens is 1. The summed E-state index contributed by atoms with van der Waals surface area (Å²) >= 11 is 0. The first-order valence-corrected chi connectivity index (χ1v) is 5.65. The average molecular weight is 193 g/mol. The minimum absolute atomic E-state index is 0.410. The highest BCUT2D eigenvalue weighted by Crippen LogP contribution is 2.22. The van der Waals surface area contributed by atoms with Crippen molar-refractivity contribution < 1.29 is 0 Å². The summed E-state index contributed by atoms with van der Waals surface area (Å²) in [6.45, 7) is 2.20. The molecule has 14 heavy (non-hydrogen) atoms. The van der Waals surface area contributed by atoms with Gasteiger partial charge in [-0.25, -0.2) is 4.98 Å². The van der Waals surface area contributed by atoms with Crippen LogP contribution in [0.2, 0.25) is 0 Å². The van der Waals surface area contributed by atoms with E-state index in [-0.39, 0.29) is 0 Å². The Kier molecular flexibility index (Phi) is 3.19. The van der Waals surface area contributed by atoms with Crippen LogP contribution in [0.15, 0.2) is 12.4 Å². The van der Waals surface area contributed by atoms with Gasteiger partial charge in [-0.05, 0) is 19.3 Å². The number of imidazole rings is 1. The summed E-state index contributed by atoms with van der Waals surface area (Å²) in [5, 5.41) is 3.67. The maximum atomic E-state index is 4.31. The van der Waals surface area contributed by atoms with E-state index in [4.69, 9.17) is 0 Å². The average Bonchev–Trinajstić information content (AvgIpc) is 2.86. The minimum atomic E-state index is 0.410. The molecule has 1 aliphatic carbocycles. The van der Waals surface area contributed by atoms with Crippen molar-refractivity contribution in [1.29, 1.82) is 0 Å². The first-order chi connectivity index (χ1) is 6.90. The zero-order valence-corrected chi connectivity index (χ0v) is 8.79. The number of nitrogens with zero attached hydrogens (tertiary/aromatic N) is 1. The van der Waals surface area contributed by atoms with E-state index >= 15 is 0 Å². The summed E-state index contributed by atoms with van der Waals surface area (Å²) in [5.41, 5.74) is 0. The van der Waals surface area contributed by atoms with Gasteiger partial charge in [0.05, 0.1) is 6.04 Å². The Balaban J connectivity index is 1.93. The second-order valence-corrected chi connectivity index (χ2v) is 4.08. The maximum Gasteiger partial charge on any atom is 0.123 e. The standard InChI is InChI=1S/C11H19N3/c1-2-10(11-12-7-8-13-11)14-9-5-3-4-6-9/h7-10,14H,2-6H2,1H3,(H,12,13). The molecule has 3 nitrogen and oxygen atoms in total. The summed E-state index contributed by atoms with van der Waals surface area (Å²) in [6.07, 6.45) is 10.2. The Morgan fingerprint density at radius 1 is 1.57 bits per heavy atom. The lowest BCUT2D eigenvalue weighted by Gasteiger charge is -2.19. The summed E-state index contributed by atoms with van der Waals surface area (Å²) < 4.78 is 0. The van der Waals surface area contributed by atoms with Crippen LogP contribution in [-0.2, 0) is 0 Å². The monoisotopic (exact) mass is 193 g/mol. The molecule has 78 valence electrons. The van der Waals surface area contributed by atoms with Crippen LogP contribution in [0.3, 0.4) is 0 Å². The number of aromatic nitrogens is 2. The zero-order valence-electron chi connectivity index (χ0n) is 8.79. The molecule has 1 fully saturated rings. The van der Waals surface area contributed by atoms with Gasteiger partial charge in [0.15, 0.2) is 0 Å². The molecule has 0 bridgehead atoms. The SMILES string of the molecule is CCC(NC1CCCC1)c1ncc[nH]1. The Bertz CT molecular complexity index is 250. The number of aromatic amines is 1. The van der Waals surface area contributed by atoms with Gasteiger partial charge >= 0.3 is 0 Å². The van der Waals surface area contributed by atoms with Gasteiger partial charge in [-0.3, -0.25) is 0 Å². The molecule has 1 atom stereocenters. The van der Waals surface area contributed by atoms with Crippen molar-refractivity contribution in [2.75, 3.05) is 0 Å². The molecule has 0 saturated heterocycles. The lowest BCUT2D eigenvalue weighted by Crippen LogP contribution is -2.30. The molecule has 0 spiro atoms. The molecular formula is C11H19N3. The van der Waals surface area contributed by atoms with E-state index in [1.165, 1.54) is 25.7 Å². The molecule has 1 aromatic rings. The van der Waals surface area contributed by atoms with Gasteiger partial charge in [0.2, 0.25) is 0 Å². The van der Waals surface area contributed by atoms with E-state index < -0.39 is 0 Å². The summed E-state index contributed by atoms with van der Waals surface area (Å²) in [5.74, 6) is 1.08. The largest absolute Gasteiger partial charge is 0.347 e. The third-order valence-electron chi connectivity index (χ3n) is 3.05. The second kappa shape index (κ2) is 4.60. The molecule has 2 N–H and O–H groups in total. The molecule has 1 aromatic heterocycles. The van der Waals surface area contributed by atoms with Crippen molar-refractivity contribution >= 4 is 0 Å². The molecule has 1 unspecified atom stereocenters. The fourth-order valence-corrected chi connectivity index (χ4v) is 2.24. The number of hydrogen-bond donors (Lipinski definition) is 2. The predicted molar refractivity (Wildman–Crippen MR) is 57.0 cm³/mol. The van der Waals surface area contributed by atoms with E-state index in [9.17, 15) is 0 Å². The fourth-order valence-electron chi connectivity index (χ4n) is 2.24. The van der Waals surface area contributed by atoms with Crippen molar-refractivity contribution in [2.24, 2.45) is 0 Å². The second-order valence-electron chi connectivity index (χ2n) is 4.08.